The molecule has 0 aliphatic carbocycles. The van der Waals surface area contributed by atoms with Crippen LogP contribution in [0.5, 0.6) is 0 Å². The lowest BCUT2D eigenvalue weighted by Gasteiger charge is -2.34. The third kappa shape index (κ3) is 3.34. The van der Waals surface area contributed by atoms with Gasteiger partial charge in [-0.1, -0.05) is 12.1 Å². The van der Waals surface area contributed by atoms with Gasteiger partial charge in [-0.05, 0) is 36.2 Å². The van der Waals surface area contributed by atoms with Gasteiger partial charge in [0.15, 0.2) is 0 Å². The second kappa shape index (κ2) is 6.54. The molecule has 3 rings (SSSR count). The fourth-order valence-electron chi connectivity index (χ4n) is 2.67. The van der Waals surface area contributed by atoms with Crippen LogP contribution in [0.25, 0.3) is 0 Å². The molecule has 116 valence electrons. The minimum atomic E-state index is -0.202. The van der Waals surface area contributed by atoms with E-state index in [9.17, 15) is 9.18 Å². The Balaban J connectivity index is 1.56. The van der Waals surface area contributed by atoms with Crippen molar-refractivity contribution >= 4 is 17.4 Å². The summed E-state index contributed by atoms with van der Waals surface area (Å²) in [6.07, 6.45) is 0. The zero-order valence-electron chi connectivity index (χ0n) is 12.5. The summed E-state index contributed by atoms with van der Waals surface area (Å²) in [5, 5.41) is 1.82. The number of benzene rings is 1. The van der Waals surface area contributed by atoms with Crippen molar-refractivity contribution in [3.05, 3.63) is 52.3 Å². The van der Waals surface area contributed by atoms with Crippen molar-refractivity contribution in [3.63, 3.8) is 0 Å². The number of hydrogen-bond acceptors (Lipinski definition) is 4. The van der Waals surface area contributed by atoms with Gasteiger partial charge >= 0.3 is 0 Å². The van der Waals surface area contributed by atoms with E-state index in [1.54, 1.807) is 12.1 Å². The van der Waals surface area contributed by atoms with E-state index in [0.717, 1.165) is 30.9 Å². The monoisotopic (exact) mass is 319 g/mol. The molecule has 0 atom stereocenters. The maximum absolute atomic E-state index is 13.2. The summed E-state index contributed by atoms with van der Waals surface area (Å²) in [6.45, 7) is 5.59. The minimum Gasteiger partial charge on any atom is -0.336 e. The van der Waals surface area contributed by atoms with Crippen LogP contribution < -0.4 is 0 Å². The second-order valence-electron chi connectivity index (χ2n) is 5.51. The lowest BCUT2D eigenvalue weighted by atomic mass is 10.1. The van der Waals surface area contributed by atoms with E-state index < -0.39 is 0 Å². The van der Waals surface area contributed by atoms with Gasteiger partial charge in [-0.15, -0.1) is 0 Å². The molecule has 1 saturated heterocycles. The topological polar surface area (TPSA) is 36.4 Å². The Bertz CT molecular complexity index is 665. The van der Waals surface area contributed by atoms with Gasteiger partial charge in [0, 0.05) is 38.1 Å². The summed E-state index contributed by atoms with van der Waals surface area (Å²) in [5.41, 5.74) is 2.48. The van der Waals surface area contributed by atoms with Gasteiger partial charge < -0.3 is 4.90 Å². The van der Waals surface area contributed by atoms with E-state index >= 15 is 0 Å². The Labute approximate surface area is 133 Å². The summed E-state index contributed by atoms with van der Waals surface area (Å²) in [4.78, 5) is 16.5. The van der Waals surface area contributed by atoms with Crippen molar-refractivity contribution in [3.8, 4) is 0 Å². The molecule has 1 amide bonds. The van der Waals surface area contributed by atoms with E-state index in [1.807, 2.05) is 23.3 Å². The van der Waals surface area contributed by atoms with Crippen LogP contribution in [-0.4, -0.2) is 46.3 Å². The molecule has 2 heterocycles. The zero-order valence-corrected chi connectivity index (χ0v) is 13.3. The average molecular weight is 319 g/mol. The Hall–Kier alpha value is -1.79. The van der Waals surface area contributed by atoms with Crippen molar-refractivity contribution in [2.45, 2.75) is 13.5 Å². The Kier molecular flexibility index (Phi) is 4.49. The predicted octanol–water partition coefficient (Wildman–Crippen LogP) is 2.55. The van der Waals surface area contributed by atoms with Crippen molar-refractivity contribution in [2.75, 3.05) is 26.2 Å². The first-order valence-corrected chi connectivity index (χ1v) is 8.14. The van der Waals surface area contributed by atoms with E-state index in [2.05, 4.69) is 9.27 Å². The van der Waals surface area contributed by atoms with E-state index in [-0.39, 0.29) is 11.7 Å². The van der Waals surface area contributed by atoms with E-state index in [1.165, 1.54) is 17.6 Å². The lowest BCUT2D eigenvalue weighted by Crippen LogP contribution is -2.48. The molecule has 0 radical (unpaired) electrons. The largest absolute Gasteiger partial charge is 0.336 e. The van der Waals surface area contributed by atoms with Gasteiger partial charge in [0.2, 0.25) is 0 Å². The van der Waals surface area contributed by atoms with Crippen LogP contribution in [0.1, 0.15) is 21.6 Å². The van der Waals surface area contributed by atoms with Crippen molar-refractivity contribution in [2.24, 2.45) is 0 Å². The number of hydrogen-bond donors (Lipinski definition) is 0. The fraction of sp³-hybridized carbons (Fsp3) is 0.375. The molecule has 1 aliphatic heterocycles. The zero-order chi connectivity index (χ0) is 15.5. The molecule has 4 nitrogen and oxygen atoms in total. The van der Waals surface area contributed by atoms with E-state index in [4.69, 9.17) is 0 Å². The molecule has 0 unspecified atom stereocenters. The predicted molar refractivity (Wildman–Crippen MR) is 84.4 cm³/mol. The number of aromatic nitrogens is 1. The number of halogens is 1. The molecule has 1 aromatic carbocycles. The highest BCUT2D eigenvalue weighted by Gasteiger charge is 2.24. The molecule has 22 heavy (non-hydrogen) atoms. The average Bonchev–Trinajstić information content (AvgIpc) is 2.93. The molecule has 1 fully saturated rings. The highest BCUT2D eigenvalue weighted by atomic mass is 32.1. The molecule has 0 saturated carbocycles. The number of piperazine rings is 1. The van der Waals surface area contributed by atoms with Crippen molar-refractivity contribution in [1.82, 2.24) is 14.2 Å². The van der Waals surface area contributed by atoms with Gasteiger partial charge in [0.1, 0.15) is 5.82 Å². The summed E-state index contributed by atoms with van der Waals surface area (Å²) in [5.74, 6) is -0.136. The number of nitrogens with zero attached hydrogens (tertiary/aromatic N) is 3. The summed E-state index contributed by atoms with van der Waals surface area (Å²) < 4.78 is 17.4. The number of carbonyl (C=O) groups is 1. The van der Waals surface area contributed by atoms with Crippen LogP contribution in [0, 0.1) is 12.7 Å². The normalized spacial score (nSPS) is 16.0. The third-order valence-electron chi connectivity index (χ3n) is 3.94. The molecule has 0 N–H and O–H groups in total. The minimum absolute atomic E-state index is 0.0663. The second-order valence-corrected chi connectivity index (χ2v) is 6.14. The van der Waals surface area contributed by atoms with Gasteiger partial charge in [-0.3, -0.25) is 9.69 Å². The number of carbonyl (C=O) groups excluding carboxylic acids is 1. The van der Waals surface area contributed by atoms with Crippen LogP contribution in [0.2, 0.25) is 0 Å². The number of amides is 1. The first-order valence-electron chi connectivity index (χ1n) is 7.30. The highest BCUT2D eigenvalue weighted by molar-refractivity contribution is 7.03. The summed E-state index contributed by atoms with van der Waals surface area (Å²) >= 11 is 1.32. The first kappa shape index (κ1) is 15.1. The summed E-state index contributed by atoms with van der Waals surface area (Å²) in [6, 6.07) is 6.69. The third-order valence-corrected chi connectivity index (χ3v) is 4.66. The van der Waals surface area contributed by atoms with Crippen molar-refractivity contribution < 1.29 is 9.18 Å². The Morgan fingerprint density at radius 2 is 2.09 bits per heavy atom. The standard InChI is InChI=1S/C16H18FN3OS/c1-12-15(11-22-18-12)16(21)20-7-5-19(6-8-20)10-13-3-2-4-14(17)9-13/h2-4,9,11H,5-8,10H2,1H3. The molecule has 6 heteroatoms. The fourth-order valence-corrected chi connectivity index (χ4v) is 3.36. The molecular weight excluding hydrogens is 301 g/mol. The summed E-state index contributed by atoms with van der Waals surface area (Å²) in [7, 11) is 0. The molecule has 1 aromatic heterocycles. The SMILES string of the molecule is Cc1nscc1C(=O)N1CCN(Cc2cccc(F)c2)CC1. The van der Waals surface area contributed by atoms with Gasteiger partial charge in [-0.2, -0.15) is 4.37 Å². The van der Waals surface area contributed by atoms with Crippen LogP contribution in [-0.2, 0) is 6.54 Å². The van der Waals surface area contributed by atoms with Gasteiger partial charge in [0.05, 0.1) is 11.3 Å². The van der Waals surface area contributed by atoms with E-state index in [0.29, 0.717) is 18.7 Å². The molecular formula is C16H18FN3OS. The molecule has 1 aliphatic rings. The lowest BCUT2D eigenvalue weighted by molar-refractivity contribution is 0.0628. The Morgan fingerprint density at radius 3 is 2.73 bits per heavy atom. The van der Waals surface area contributed by atoms with Crippen molar-refractivity contribution in [1.29, 1.82) is 0 Å². The van der Waals surface area contributed by atoms with Gasteiger partial charge in [0.25, 0.3) is 5.91 Å². The maximum Gasteiger partial charge on any atom is 0.256 e. The smallest absolute Gasteiger partial charge is 0.256 e. The maximum atomic E-state index is 13.2. The van der Waals surface area contributed by atoms with Gasteiger partial charge in [-0.25, -0.2) is 4.39 Å². The van der Waals surface area contributed by atoms with Crippen LogP contribution in [0.4, 0.5) is 4.39 Å². The van der Waals surface area contributed by atoms with Crippen LogP contribution >= 0.6 is 11.5 Å². The number of rotatable bonds is 3. The number of aryl methyl sites for hydroxylation is 1. The molecule has 2 aromatic rings. The Morgan fingerprint density at radius 1 is 1.32 bits per heavy atom. The first-order chi connectivity index (χ1) is 10.6. The molecule has 0 spiro atoms. The highest BCUT2D eigenvalue weighted by Crippen LogP contribution is 2.15. The van der Waals surface area contributed by atoms with Crippen LogP contribution in [0.3, 0.4) is 0 Å². The quantitative estimate of drug-likeness (QED) is 0.872. The molecule has 0 bridgehead atoms. The van der Waals surface area contributed by atoms with Crippen LogP contribution in [0.15, 0.2) is 29.6 Å².